The largest absolute Gasteiger partial charge is 0.381 e. The van der Waals surface area contributed by atoms with Gasteiger partial charge >= 0.3 is 0 Å². The Morgan fingerprint density at radius 1 is 1.54 bits per heavy atom. The number of ether oxygens (including phenoxy) is 1. The molecule has 0 spiro atoms. The first kappa shape index (κ1) is 10.7. The first-order chi connectivity index (χ1) is 6.25. The zero-order valence-electron chi connectivity index (χ0n) is 8.51. The van der Waals surface area contributed by atoms with E-state index in [0.29, 0.717) is 5.78 Å². The van der Waals surface area contributed by atoms with E-state index in [1.54, 1.807) is 0 Å². The predicted molar refractivity (Wildman–Crippen MR) is 51.6 cm³/mol. The standard InChI is InChI=1S/C10H19NO2/c1-8(7-11-2)10(12)9-3-5-13-6-4-9/h8-9,11H,3-7H2,1-2H3. The second-order valence-electron chi connectivity index (χ2n) is 3.75. The third kappa shape index (κ3) is 3.08. The second kappa shape index (κ2) is 5.35. The molecule has 1 atom stereocenters. The molecule has 0 amide bonds. The van der Waals surface area contributed by atoms with Gasteiger partial charge in [0.2, 0.25) is 0 Å². The van der Waals surface area contributed by atoms with Crippen molar-refractivity contribution < 1.29 is 9.53 Å². The maximum Gasteiger partial charge on any atom is 0.140 e. The smallest absolute Gasteiger partial charge is 0.140 e. The van der Waals surface area contributed by atoms with Crippen LogP contribution in [0.1, 0.15) is 19.8 Å². The summed E-state index contributed by atoms with van der Waals surface area (Å²) in [5.74, 6) is 0.794. The number of rotatable bonds is 4. The molecule has 1 aliphatic rings. The molecule has 3 heteroatoms. The summed E-state index contributed by atoms with van der Waals surface area (Å²) in [4.78, 5) is 11.8. The highest BCUT2D eigenvalue weighted by Crippen LogP contribution is 2.19. The number of carbonyl (C=O) groups excluding carboxylic acids is 1. The van der Waals surface area contributed by atoms with Gasteiger partial charge in [0.1, 0.15) is 5.78 Å². The third-order valence-electron chi connectivity index (χ3n) is 2.62. The van der Waals surface area contributed by atoms with Crippen LogP contribution in [0.25, 0.3) is 0 Å². The van der Waals surface area contributed by atoms with Gasteiger partial charge in [-0.15, -0.1) is 0 Å². The summed E-state index contributed by atoms with van der Waals surface area (Å²) < 4.78 is 5.22. The molecule has 1 heterocycles. The van der Waals surface area contributed by atoms with Crippen molar-refractivity contribution in [3.05, 3.63) is 0 Å². The first-order valence-corrected chi connectivity index (χ1v) is 5.01. The minimum atomic E-state index is 0.146. The topological polar surface area (TPSA) is 38.3 Å². The van der Waals surface area contributed by atoms with Crippen molar-refractivity contribution in [1.29, 1.82) is 0 Å². The van der Waals surface area contributed by atoms with Crippen LogP contribution in [0.3, 0.4) is 0 Å². The first-order valence-electron chi connectivity index (χ1n) is 5.01. The molecule has 0 aromatic heterocycles. The van der Waals surface area contributed by atoms with E-state index < -0.39 is 0 Å². The van der Waals surface area contributed by atoms with Crippen LogP contribution < -0.4 is 5.32 Å². The van der Waals surface area contributed by atoms with Crippen LogP contribution in [-0.4, -0.2) is 32.6 Å². The van der Waals surface area contributed by atoms with E-state index in [9.17, 15) is 4.79 Å². The van der Waals surface area contributed by atoms with Crippen molar-refractivity contribution in [3.8, 4) is 0 Å². The lowest BCUT2D eigenvalue weighted by atomic mass is 9.88. The molecule has 0 aliphatic carbocycles. The normalized spacial score (nSPS) is 21.4. The number of ketones is 1. The average Bonchev–Trinajstić information content (AvgIpc) is 2.18. The molecule has 0 aromatic carbocycles. The zero-order valence-corrected chi connectivity index (χ0v) is 8.51. The second-order valence-corrected chi connectivity index (χ2v) is 3.75. The number of nitrogens with one attached hydrogen (secondary N) is 1. The number of hydrogen-bond donors (Lipinski definition) is 1. The van der Waals surface area contributed by atoms with E-state index in [0.717, 1.165) is 32.6 Å². The fourth-order valence-electron chi connectivity index (χ4n) is 1.79. The van der Waals surface area contributed by atoms with Crippen molar-refractivity contribution in [3.63, 3.8) is 0 Å². The minimum absolute atomic E-state index is 0.146. The van der Waals surface area contributed by atoms with Gasteiger partial charge in [0.05, 0.1) is 0 Å². The lowest BCUT2D eigenvalue weighted by Crippen LogP contribution is -2.32. The molecular formula is C10H19NO2. The summed E-state index contributed by atoms with van der Waals surface area (Å²) in [6, 6.07) is 0. The Balaban J connectivity index is 2.36. The number of hydrogen-bond acceptors (Lipinski definition) is 3. The quantitative estimate of drug-likeness (QED) is 0.705. The summed E-state index contributed by atoms with van der Waals surface area (Å²) in [7, 11) is 1.88. The fourth-order valence-corrected chi connectivity index (χ4v) is 1.79. The molecule has 1 saturated heterocycles. The highest BCUT2D eigenvalue weighted by Gasteiger charge is 2.25. The summed E-state index contributed by atoms with van der Waals surface area (Å²) in [5.41, 5.74) is 0. The van der Waals surface area contributed by atoms with E-state index in [1.807, 2.05) is 14.0 Å². The molecule has 1 unspecified atom stereocenters. The molecule has 0 bridgehead atoms. The molecule has 1 rings (SSSR count). The van der Waals surface area contributed by atoms with Gasteiger partial charge in [-0.25, -0.2) is 0 Å². The van der Waals surface area contributed by atoms with Gasteiger partial charge in [0, 0.05) is 31.6 Å². The minimum Gasteiger partial charge on any atom is -0.381 e. The van der Waals surface area contributed by atoms with Gasteiger partial charge in [-0.2, -0.15) is 0 Å². The highest BCUT2D eigenvalue weighted by molar-refractivity contribution is 5.83. The van der Waals surface area contributed by atoms with Crippen LogP contribution >= 0.6 is 0 Å². The molecule has 3 nitrogen and oxygen atoms in total. The predicted octanol–water partition coefficient (Wildman–Crippen LogP) is 0.838. The van der Waals surface area contributed by atoms with Crippen molar-refractivity contribution in [1.82, 2.24) is 5.32 Å². The Hall–Kier alpha value is -0.410. The fraction of sp³-hybridized carbons (Fsp3) is 0.900. The monoisotopic (exact) mass is 185 g/mol. The Kier molecular flexibility index (Phi) is 4.39. The van der Waals surface area contributed by atoms with Crippen LogP contribution in [0.4, 0.5) is 0 Å². The number of Topliss-reactive ketones (excluding diaryl/α,β-unsaturated/α-hetero) is 1. The lowest BCUT2D eigenvalue weighted by Gasteiger charge is -2.23. The lowest BCUT2D eigenvalue weighted by molar-refractivity contribution is -0.129. The van der Waals surface area contributed by atoms with Crippen molar-refractivity contribution in [2.24, 2.45) is 11.8 Å². The van der Waals surface area contributed by atoms with Gasteiger partial charge in [-0.1, -0.05) is 6.92 Å². The maximum atomic E-state index is 11.8. The van der Waals surface area contributed by atoms with Gasteiger partial charge in [0.25, 0.3) is 0 Å². The van der Waals surface area contributed by atoms with E-state index in [1.165, 1.54) is 0 Å². The molecule has 1 fully saturated rings. The van der Waals surface area contributed by atoms with Crippen LogP contribution in [0.5, 0.6) is 0 Å². The third-order valence-corrected chi connectivity index (χ3v) is 2.62. The van der Waals surface area contributed by atoms with Crippen LogP contribution in [-0.2, 0) is 9.53 Å². The Morgan fingerprint density at radius 2 is 2.15 bits per heavy atom. The average molecular weight is 185 g/mol. The molecule has 0 radical (unpaired) electrons. The van der Waals surface area contributed by atoms with Gasteiger partial charge < -0.3 is 10.1 Å². The molecule has 0 saturated carbocycles. The van der Waals surface area contributed by atoms with E-state index in [4.69, 9.17) is 4.74 Å². The molecule has 0 aromatic rings. The summed E-state index contributed by atoms with van der Waals surface area (Å²) in [6.45, 7) is 4.29. The van der Waals surface area contributed by atoms with Gasteiger partial charge in [0.15, 0.2) is 0 Å². The molecule has 76 valence electrons. The van der Waals surface area contributed by atoms with E-state index >= 15 is 0 Å². The highest BCUT2D eigenvalue weighted by atomic mass is 16.5. The van der Waals surface area contributed by atoms with Gasteiger partial charge in [-0.3, -0.25) is 4.79 Å². The number of carbonyl (C=O) groups is 1. The molecule has 1 N–H and O–H groups in total. The van der Waals surface area contributed by atoms with Crippen LogP contribution in [0, 0.1) is 11.8 Å². The Morgan fingerprint density at radius 3 is 2.69 bits per heavy atom. The Bertz CT molecular complexity index is 164. The molecule has 1 aliphatic heterocycles. The maximum absolute atomic E-state index is 11.8. The van der Waals surface area contributed by atoms with E-state index in [-0.39, 0.29) is 11.8 Å². The van der Waals surface area contributed by atoms with Crippen LogP contribution in [0.2, 0.25) is 0 Å². The summed E-state index contributed by atoms with van der Waals surface area (Å²) >= 11 is 0. The Labute approximate surface area is 79.8 Å². The summed E-state index contributed by atoms with van der Waals surface area (Å²) in [5, 5.41) is 3.04. The molecule has 13 heavy (non-hydrogen) atoms. The SMILES string of the molecule is CNCC(C)C(=O)C1CCOCC1. The van der Waals surface area contributed by atoms with Crippen molar-refractivity contribution in [2.45, 2.75) is 19.8 Å². The van der Waals surface area contributed by atoms with Crippen LogP contribution in [0.15, 0.2) is 0 Å². The van der Waals surface area contributed by atoms with E-state index in [2.05, 4.69) is 5.32 Å². The molecular weight excluding hydrogens is 166 g/mol. The zero-order chi connectivity index (χ0) is 9.68. The van der Waals surface area contributed by atoms with Gasteiger partial charge in [-0.05, 0) is 19.9 Å². The summed E-state index contributed by atoms with van der Waals surface area (Å²) in [6.07, 6.45) is 1.82. The van der Waals surface area contributed by atoms with Crippen molar-refractivity contribution in [2.75, 3.05) is 26.8 Å². The van der Waals surface area contributed by atoms with Crippen molar-refractivity contribution >= 4 is 5.78 Å².